The Bertz CT molecular complexity index is 882. The predicted octanol–water partition coefficient (Wildman–Crippen LogP) is 3.02. The van der Waals surface area contributed by atoms with Crippen LogP contribution < -0.4 is 9.47 Å². The molecule has 0 aliphatic heterocycles. The zero-order valence-electron chi connectivity index (χ0n) is 13.0. The van der Waals surface area contributed by atoms with Crippen LogP contribution in [0.25, 0.3) is 16.2 Å². The number of hydrogen-bond donors (Lipinski definition) is 1. The Kier molecular flexibility index (Phi) is 3.96. The van der Waals surface area contributed by atoms with Gasteiger partial charge in [-0.15, -0.1) is 11.3 Å². The van der Waals surface area contributed by atoms with Crippen molar-refractivity contribution in [3.63, 3.8) is 0 Å². The molecule has 2 aromatic heterocycles. The second kappa shape index (κ2) is 5.92. The van der Waals surface area contributed by atoms with Crippen LogP contribution in [0.2, 0.25) is 0 Å². The van der Waals surface area contributed by atoms with Gasteiger partial charge in [-0.25, -0.2) is 4.98 Å². The van der Waals surface area contributed by atoms with Gasteiger partial charge in [0.1, 0.15) is 0 Å². The van der Waals surface area contributed by atoms with Gasteiger partial charge in [0.25, 0.3) is 0 Å². The number of aryl methyl sites for hydroxylation is 1. The highest BCUT2D eigenvalue weighted by Gasteiger charge is 2.17. The molecule has 2 heterocycles. The van der Waals surface area contributed by atoms with Crippen LogP contribution in [0, 0.1) is 6.92 Å². The molecule has 0 bridgehead atoms. The lowest BCUT2D eigenvalue weighted by Gasteiger charge is -2.09. The molecule has 3 aromatic rings. The third kappa shape index (κ3) is 2.63. The van der Waals surface area contributed by atoms with Crippen molar-refractivity contribution in [3.05, 3.63) is 35.0 Å². The third-order valence-electron chi connectivity index (χ3n) is 3.65. The molecule has 3 rings (SSSR count). The molecule has 0 saturated carbocycles. The van der Waals surface area contributed by atoms with Gasteiger partial charge in [0.2, 0.25) is 0 Å². The summed E-state index contributed by atoms with van der Waals surface area (Å²) in [6.07, 6.45) is -0.0252. The van der Waals surface area contributed by atoms with E-state index in [9.17, 15) is 4.79 Å². The van der Waals surface area contributed by atoms with Crippen LogP contribution in [0.4, 0.5) is 0 Å². The van der Waals surface area contributed by atoms with Gasteiger partial charge in [-0.1, -0.05) is 0 Å². The first-order chi connectivity index (χ1) is 11.0. The molecule has 1 aromatic carbocycles. The zero-order chi connectivity index (χ0) is 16.6. The van der Waals surface area contributed by atoms with Crippen LogP contribution >= 0.6 is 11.3 Å². The summed E-state index contributed by atoms with van der Waals surface area (Å²) in [4.78, 5) is 16.4. The first-order valence-electron chi connectivity index (χ1n) is 6.94. The Morgan fingerprint density at radius 2 is 2.04 bits per heavy atom. The normalized spacial score (nSPS) is 10.9. The number of fused-ring (bicyclic) bond motifs is 1. The van der Waals surface area contributed by atoms with Crippen molar-refractivity contribution in [1.29, 1.82) is 0 Å². The number of methoxy groups -OCH3 is 2. The molecule has 6 nitrogen and oxygen atoms in total. The monoisotopic (exact) mass is 332 g/mol. The Labute approximate surface area is 136 Å². The molecular weight excluding hydrogens is 316 g/mol. The molecule has 1 N–H and O–H groups in total. The van der Waals surface area contributed by atoms with Crippen LogP contribution in [0.1, 0.15) is 11.4 Å². The molecular formula is C16H16N2O4S. The number of carboxylic acid groups (broad SMARTS) is 1. The third-order valence-corrected chi connectivity index (χ3v) is 4.53. The number of imidazole rings is 1. The van der Waals surface area contributed by atoms with E-state index in [0.717, 1.165) is 27.6 Å². The minimum atomic E-state index is -0.856. The lowest BCUT2D eigenvalue weighted by Crippen LogP contribution is -2.03. The fourth-order valence-corrected chi connectivity index (χ4v) is 3.53. The van der Waals surface area contributed by atoms with Crippen molar-refractivity contribution >= 4 is 22.3 Å². The van der Waals surface area contributed by atoms with E-state index in [1.54, 1.807) is 14.2 Å². The number of carbonyl (C=O) groups is 1. The number of aliphatic carboxylic acids is 1. The standard InChI is InChI=1S/C16H16N2O4S/c1-9-15(10-4-5-12(21-2)13(6-10)22-3)17-16-18(9)11(8-23-16)7-14(19)20/h4-6,8H,7H2,1-3H3,(H,19,20). The van der Waals surface area contributed by atoms with Gasteiger partial charge >= 0.3 is 5.97 Å². The maximum Gasteiger partial charge on any atom is 0.309 e. The smallest absolute Gasteiger partial charge is 0.309 e. The van der Waals surface area contributed by atoms with Crippen LogP contribution in [0.5, 0.6) is 11.5 Å². The first-order valence-corrected chi connectivity index (χ1v) is 7.82. The SMILES string of the molecule is COc1ccc(-c2nc3scc(CC(=O)O)n3c2C)cc1OC. The molecule has 0 atom stereocenters. The van der Waals surface area contributed by atoms with Gasteiger partial charge in [-0.3, -0.25) is 9.20 Å². The largest absolute Gasteiger partial charge is 0.493 e. The highest BCUT2D eigenvalue weighted by Crippen LogP contribution is 2.34. The number of benzene rings is 1. The predicted molar refractivity (Wildman–Crippen MR) is 87.7 cm³/mol. The molecule has 0 fully saturated rings. The van der Waals surface area contributed by atoms with Crippen molar-refractivity contribution in [3.8, 4) is 22.8 Å². The molecule has 7 heteroatoms. The second-order valence-corrected chi connectivity index (χ2v) is 5.87. The maximum absolute atomic E-state index is 11.0. The average Bonchev–Trinajstić information content (AvgIpc) is 3.07. The van der Waals surface area contributed by atoms with E-state index in [4.69, 9.17) is 14.6 Å². The number of aromatic nitrogens is 2. The summed E-state index contributed by atoms with van der Waals surface area (Å²) in [7, 11) is 3.18. The quantitative estimate of drug-likeness (QED) is 0.777. The van der Waals surface area contributed by atoms with Crippen LogP contribution in [-0.2, 0) is 11.2 Å². The van der Waals surface area contributed by atoms with Crippen molar-refractivity contribution in [1.82, 2.24) is 9.38 Å². The lowest BCUT2D eigenvalue weighted by molar-refractivity contribution is -0.136. The summed E-state index contributed by atoms with van der Waals surface area (Å²) >= 11 is 1.44. The number of carboxylic acids is 1. The number of hydrogen-bond acceptors (Lipinski definition) is 5. The molecule has 0 saturated heterocycles. The molecule has 0 spiro atoms. The van der Waals surface area contributed by atoms with Gasteiger partial charge in [0.15, 0.2) is 16.5 Å². The van der Waals surface area contributed by atoms with Crippen molar-refractivity contribution in [2.45, 2.75) is 13.3 Å². The van der Waals surface area contributed by atoms with Crippen LogP contribution in [-0.4, -0.2) is 34.7 Å². The van der Waals surface area contributed by atoms with Crippen molar-refractivity contribution < 1.29 is 19.4 Å². The molecule has 120 valence electrons. The summed E-state index contributed by atoms with van der Waals surface area (Å²) in [6, 6.07) is 5.62. The van der Waals surface area contributed by atoms with Gasteiger partial charge < -0.3 is 14.6 Å². The number of rotatable bonds is 5. The van der Waals surface area contributed by atoms with Gasteiger partial charge in [-0.05, 0) is 25.1 Å². The van der Waals surface area contributed by atoms with E-state index in [2.05, 4.69) is 4.98 Å². The van der Waals surface area contributed by atoms with Gasteiger partial charge in [0.05, 0.1) is 26.3 Å². The first kappa shape index (κ1) is 15.4. The van der Waals surface area contributed by atoms with Crippen LogP contribution in [0.3, 0.4) is 0 Å². The van der Waals surface area contributed by atoms with Crippen LogP contribution in [0.15, 0.2) is 23.6 Å². The fourth-order valence-electron chi connectivity index (χ4n) is 2.60. The minimum Gasteiger partial charge on any atom is -0.493 e. The summed E-state index contributed by atoms with van der Waals surface area (Å²) in [6.45, 7) is 1.93. The summed E-state index contributed by atoms with van der Waals surface area (Å²) in [5, 5.41) is 10.9. The Hall–Kier alpha value is -2.54. The molecule has 0 amide bonds. The highest BCUT2D eigenvalue weighted by atomic mass is 32.1. The molecule has 0 radical (unpaired) electrons. The van der Waals surface area contributed by atoms with E-state index in [1.165, 1.54) is 11.3 Å². The zero-order valence-corrected chi connectivity index (χ0v) is 13.8. The number of nitrogens with zero attached hydrogens (tertiary/aromatic N) is 2. The van der Waals surface area contributed by atoms with E-state index >= 15 is 0 Å². The highest BCUT2D eigenvalue weighted by molar-refractivity contribution is 7.15. The Morgan fingerprint density at radius 1 is 1.30 bits per heavy atom. The summed E-state index contributed by atoms with van der Waals surface area (Å²) in [5.41, 5.74) is 3.35. The second-order valence-electron chi connectivity index (χ2n) is 5.03. The maximum atomic E-state index is 11.0. The van der Waals surface area contributed by atoms with Gasteiger partial charge in [0, 0.05) is 22.3 Å². The number of ether oxygens (including phenoxy) is 2. The van der Waals surface area contributed by atoms with E-state index in [-0.39, 0.29) is 6.42 Å². The van der Waals surface area contributed by atoms with E-state index < -0.39 is 5.97 Å². The van der Waals surface area contributed by atoms with Crippen molar-refractivity contribution in [2.75, 3.05) is 14.2 Å². The van der Waals surface area contributed by atoms with Gasteiger partial charge in [-0.2, -0.15) is 0 Å². The topological polar surface area (TPSA) is 73.1 Å². The Balaban J connectivity index is 2.12. The fraction of sp³-hybridized carbons (Fsp3) is 0.250. The molecule has 0 aliphatic rings. The summed E-state index contributed by atoms with van der Waals surface area (Å²) < 4.78 is 12.5. The summed E-state index contributed by atoms with van der Waals surface area (Å²) in [5.74, 6) is 0.429. The molecule has 0 unspecified atom stereocenters. The Morgan fingerprint density at radius 3 is 2.70 bits per heavy atom. The molecule has 0 aliphatic carbocycles. The number of thiazole rings is 1. The molecule has 23 heavy (non-hydrogen) atoms. The minimum absolute atomic E-state index is 0.0252. The van der Waals surface area contributed by atoms with E-state index in [1.807, 2.05) is 34.9 Å². The van der Waals surface area contributed by atoms with E-state index in [0.29, 0.717) is 11.5 Å². The average molecular weight is 332 g/mol. The lowest BCUT2D eigenvalue weighted by atomic mass is 10.1. The van der Waals surface area contributed by atoms with Crippen molar-refractivity contribution in [2.24, 2.45) is 0 Å².